The highest BCUT2D eigenvalue weighted by Crippen LogP contribution is 2.27. The van der Waals surface area contributed by atoms with Crippen molar-refractivity contribution in [1.82, 2.24) is 10.3 Å². The molecule has 0 radical (unpaired) electrons. The van der Waals surface area contributed by atoms with Crippen molar-refractivity contribution in [3.05, 3.63) is 58.3 Å². The third kappa shape index (κ3) is 4.40. The molecule has 1 amide bonds. The van der Waals surface area contributed by atoms with E-state index in [0.29, 0.717) is 22.3 Å². The lowest BCUT2D eigenvalue weighted by Crippen LogP contribution is -2.28. The predicted octanol–water partition coefficient (Wildman–Crippen LogP) is 3.08. The molecule has 1 aromatic carbocycles. The minimum atomic E-state index is -0.236. The fourth-order valence-electron chi connectivity index (χ4n) is 1.49. The number of hydrogen-bond acceptors (Lipinski definition) is 3. The lowest BCUT2D eigenvalue weighted by Gasteiger charge is -2.08. The molecule has 2 aromatic rings. The zero-order valence-electron chi connectivity index (χ0n) is 10.5. The lowest BCUT2D eigenvalue weighted by atomic mass is 10.3. The van der Waals surface area contributed by atoms with E-state index < -0.39 is 0 Å². The largest absolute Gasteiger partial charge is 0.482 e. The standard InChI is InChI=1S/C14H12Cl2N2O2/c15-11-3-4-13(12(16)6-11)20-9-14(19)18-8-10-2-1-5-17-7-10/h1-7H,8-9H2,(H,18,19). The van der Waals surface area contributed by atoms with Crippen LogP contribution in [0.5, 0.6) is 5.75 Å². The van der Waals surface area contributed by atoms with Gasteiger partial charge in [0.25, 0.3) is 5.91 Å². The van der Waals surface area contributed by atoms with Crippen LogP contribution < -0.4 is 10.1 Å². The van der Waals surface area contributed by atoms with Gasteiger partial charge in [0.1, 0.15) is 5.75 Å². The van der Waals surface area contributed by atoms with Crippen LogP contribution in [0.1, 0.15) is 5.56 Å². The first kappa shape index (κ1) is 14.6. The molecule has 1 heterocycles. The Balaban J connectivity index is 1.80. The lowest BCUT2D eigenvalue weighted by molar-refractivity contribution is -0.123. The highest BCUT2D eigenvalue weighted by atomic mass is 35.5. The molecule has 2 rings (SSSR count). The van der Waals surface area contributed by atoms with E-state index in [9.17, 15) is 4.79 Å². The van der Waals surface area contributed by atoms with Crippen molar-refractivity contribution in [2.45, 2.75) is 6.54 Å². The van der Waals surface area contributed by atoms with Gasteiger partial charge in [0.15, 0.2) is 6.61 Å². The summed E-state index contributed by atoms with van der Waals surface area (Å²) in [4.78, 5) is 15.6. The minimum absolute atomic E-state index is 0.110. The number of nitrogens with one attached hydrogen (secondary N) is 1. The van der Waals surface area contributed by atoms with Gasteiger partial charge in [-0.15, -0.1) is 0 Å². The summed E-state index contributed by atoms with van der Waals surface area (Å²) in [7, 11) is 0. The monoisotopic (exact) mass is 310 g/mol. The Labute approximate surface area is 126 Å². The quantitative estimate of drug-likeness (QED) is 0.923. The molecule has 1 N–H and O–H groups in total. The Hall–Kier alpha value is -1.78. The molecule has 0 unspecified atom stereocenters. The number of carbonyl (C=O) groups is 1. The highest BCUT2D eigenvalue weighted by molar-refractivity contribution is 6.35. The number of rotatable bonds is 5. The summed E-state index contributed by atoms with van der Waals surface area (Å²) in [6.45, 7) is 0.298. The molecule has 0 fully saturated rings. The number of pyridine rings is 1. The molecule has 0 aliphatic rings. The average Bonchev–Trinajstić information content (AvgIpc) is 2.45. The first-order chi connectivity index (χ1) is 9.65. The van der Waals surface area contributed by atoms with Gasteiger partial charge in [-0.3, -0.25) is 9.78 Å². The van der Waals surface area contributed by atoms with Crippen molar-refractivity contribution in [3.8, 4) is 5.75 Å². The molecule has 0 atom stereocenters. The first-order valence-electron chi connectivity index (χ1n) is 5.88. The summed E-state index contributed by atoms with van der Waals surface area (Å²) in [6, 6.07) is 8.52. The van der Waals surface area contributed by atoms with E-state index in [0.717, 1.165) is 5.56 Å². The maximum atomic E-state index is 11.6. The number of hydrogen-bond donors (Lipinski definition) is 1. The van der Waals surface area contributed by atoms with Crippen molar-refractivity contribution < 1.29 is 9.53 Å². The van der Waals surface area contributed by atoms with Gasteiger partial charge >= 0.3 is 0 Å². The van der Waals surface area contributed by atoms with Crippen LogP contribution in [0.2, 0.25) is 10.0 Å². The van der Waals surface area contributed by atoms with Crippen LogP contribution in [0, 0.1) is 0 Å². The second-order valence-corrected chi connectivity index (χ2v) is 4.85. The van der Waals surface area contributed by atoms with Crippen molar-refractivity contribution >= 4 is 29.1 Å². The summed E-state index contributed by atoms with van der Waals surface area (Å²) in [5.41, 5.74) is 0.922. The summed E-state index contributed by atoms with van der Waals surface area (Å²) >= 11 is 11.7. The molecule has 6 heteroatoms. The number of amides is 1. The molecule has 20 heavy (non-hydrogen) atoms. The Bertz CT molecular complexity index is 591. The zero-order chi connectivity index (χ0) is 14.4. The first-order valence-corrected chi connectivity index (χ1v) is 6.64. The maximum Gasteiger partial charge on any atom is 0.258 e. The topological polar surface area (TPSA) is 51.2 Å². The zero-order valence-corrected chi connectivity index (χ0v) is 12.0. The molecule has 0 saturated carbocycles. The SMILES string of the molecule is O=C(COc1ccc(Cl)cc1Cl)NCc1cccnc1. The fraction of sp³-hybridized carbons (Fsp3) is 0.143. The second kappa shape index (κ2) is 7.12. The van der Waals surface area contributed by atoms with E-state index >= 15 is 0 Å². The van der Waals surface area contributed by atoms with E-state index in [-0.39, 0.29) is 12.5 Å². The van der Waals surface area contributed by atoms with Crippen LogP contribution >= 0.6 is 23.2 Å². The summed E-state index contributed by atoms with van der Waals surface area (Å²) in [5.74, 6) is 0.187. The van der Waals surface area contributed by atoms with Crippen LogP contribution in [-0.4, -0.2) is 17.5 Å². The molecule has 4 nitrogen and oxygen atoms in total. The smallest absolute Gasteiger partial charge is 0.258 e. The molecule has 0 bridgehead atoms. The van der Waals surface area contributed by atoms with Gasteiger partial charge in [-0.1, -0.05) is 29.3 Å². The number of carbonyl (C=O) groups excluding carboxylic acids is 1. The molecular formula is C14H12Cl2N2O2. The van der Waals surface area contributed by atoms with E-state index in [4.69, 9.17) is 27.9 Å². The number of aromatic nitrogens is 1. The Morgan fingerprint density at radius 2 is 2.15 bits per heavy atom. The molecule has 0 spiro atoms. The van der Waals surface area contributed by atoms with E-state index in [1.165, 1.54) is 0 Å². The van der Waals surface area contributed by atoms with Gasteiger partial charge in [-0.2, -0.15) is 0 Å². The van der Waals surface area contributed by atoms with Crippen LogP contribution in [0.4, 0.5) is 0 Å². The minimum Gasteiger partial charge on any atom is -0.482 e. The van der Waals surface area contributed by atoms with Gasteiger partial charge < -0.3 is 10.1 Å². The number of nitrogens with zero attached hydrogens (tertiary/aromatic N) is 1. The van der Waals surface area contributed by atoms with Crippen molar-refractivity contribution in [1.29, 1.82) is 0 Å². The predicted molar refractivity (Wildman–Crippen MR) is 78.0 cm³/mol. The third-order valence-electron chi connectivity index (χ3n) is 2.47. The molecule has 0 aliphatic carbocycles. The summed E-state index contributed by atoms with van der Waals surface area (Å²) in [6.07, 6.45) is 3.37. The van der Waals surface area contributed by atoms with Gasteiger partial charge in [0.2, 0.25) is 0 Å². The Kier molecular flexibility index (Phi) is 5.21. The Morgan fingerprint density at radius 3 is 2.85 bits per heavy atom. The number of ether oxygens (including phenoxy) is 1. The fourth-order valence-corrected chi connectivity index (χ4v) is 1.95. The summed E-state index contributed by atoms with van der Waals surface area (Å²) < 4.78 is 5.32. The van der Waals surface area contributed by atoms with Crippen LogP contribution in [0.15, 0.2) is 42.7 Å². The maximum absolute atomic E-state index is 11.6. The van der Waals surface area contributed by atoms with Crippen LogP contribution in [0.25, 0.3) is 0 Å². The molecule has 0 saturated heterocycles. The van der Waals surface area contributed by atoms with Crippen molar-refractivity contribution in [2.75, 3.05) is 6.61 Å². The van der Waals surface area contributed by atoms with Crippen LogP contribution in [0.3, 0.4) is 0 Å². The molecular weight excluding hydrogens is 299 g/mol. The van der Waals surface area contributed by atoms with Gasteiger partial charge in [0, 0.05) is 24.0 Å². The van der Waals surface area contributed by atoms with Crippen LogP contribution in [-0.2, 0) is 11.3 Å². The molecule has 104 valence electrons. The highest BCUT2D eigenvalue weighted by Gasteiger charge is 2.06. The van der Waals surface area contributed by atoms with E-state index in [2.05, 4.69) is 10.3 Å². The van der Waals surface area contributed by atoms with E-state index in [1.807, 2.05) is 12.1 Å². The number of halogens is 2. The van der Waals surface area contributed by atoms with E-state index in [1.54, 1.807) is 30.6 Å². The van der Waals surface area contributed by atoms with Gasteiger partial charge in [0.05, 0.1) is 5.02 Å². The number of benzene rings is 1. The molecule has 1 aromatic heterocycles. The van der Waals surface area contributed by atoms with Gasteiger partial charge in [-0.05, 0) is 29.8 Å². The third-order valence-corrected chi connectivity index (χ3v) is 3.00. The van der Waals surface area contributed by atoms with Crippen molar-refractivity contribution in [3.63, 3.8) is 0 Å². The average molecular weight is 311 g/mol. The normalized spacial score (nSPS) is 10.1. The molecule has 0 aliphatic heterocycles. The summed E-state index contributed by atoms with van der Waals surface area (Å²) in [5, 5.41) is 3.62. The second-order valence-electron chi connectivity index (χ2n) is 4.00. The van der Waals surface area contributed by atoms with Crippen molar-refractivity contribution in [2.24, 2.45) is 0 Å². The Morgan fingerprint density at radius 1 is 1.30 bits per heavy atom. The van der Waals surface area contributed by atoms with Gasteiger partial charge in [-0.25, -0.2) is 0 Å².